The number of anilines is 1. The van der Waals surface area contributed by atoms with Crippen LogP contribution in [0.3, 0.4) is 0 Å². The summed E-state index contributed by atoms with van der Waals surface area (Å²) in [5.41, 5.74) is 5.07. The van der Waals surface area contributed by atoms with Crippen molar-refractivity contribution in [2.75, 3.05) is 26.0 Å². The van der Waals surface area contributed by atoms with E-state index in [1.54, 1.807) is 4.90 Å². The van der Waals surface area contributed by atoms with Crippen LogP contribution < -0.4 is 4.90 Å². The number of benzene rings is 2. The molecule has 24 heavy (non-hydrogen) atoms. The summed E-state index contributed by atoms with van der Waals surface area (Å²) < 4.78 is 0. The van der Waals surface area contributed by atoms with Crippen molar-refractivity contribution in [3.8, 4) is 0 Å². The summed E-state index contributed by atoms with van der Waals surface area (Å²) in [5, 5.41) is 1.06. The van der Waals surface area contributed by atoms with E-state index in [1.165, 1.54) is 5.56 Å². The topological polar surface area (TPSA) is 39.3 Å². The van der Waals surface area contributed by atoms with Gasteiger partial charge >= 0.3 is 0 Å². The van der Waals surface area contributed by atoms with Crippen LogP contribution in [0.5, 0.6) is 0 Å². The van der Waals surface area contributed by atoms with Gasteiger partial charge in [-0.25, -0.2) is 0 Å². The summed E-state index contributed by atoms with van der Waals surface area (Å²) in [6.07, 6.45) is 0. The van der Waals surface area contributed by atoms with E-state index in [1.807, 2.05) is 40.2 Å². The molecule has 1 amide bonds. The quantitative estimate of drug-likeness (QED) is 0.793. The summed E-state index contributed by atoms with van der Waals surface area (Å²) in [6, 6.07) is 16.3. The van der Waals surface area contributed by atoms with Crippen molar-refractivity contribution in [3.63, 3.8) is 0 Å². The molecule has 1 N–H and O–H groups in total. The number of aromatic amines is 1. The first-order valence-electron chi connectivity index (χ1n) is 8.05. The Kier molecular flexibility index (Phi) is 4.30. The summed E-state index contributed by atoms with van der Waals surface area (Å²) in [6.45, 7) is 2.63. The zero-order valence-electron chi connectivity index (χ0n) is 14.6. The summed E-state index contributed by atoms with van der Waals surface area (Å²) in [5.74, 6) is 0.000499. The predicted molar refractivity (Wildman–Crippen MR) is 99.6 cm³/mol. The van der Waals surface area contributed by atoms with Gasteiger partial charge in [-0.2, -0.15) is 0 Å². The van der Waals surface area contributed by atoms with Crippen molar-refractivity contribution in [1.29, 1.82) is 0 Å². The van der Waals surface area contributed by atoms with E-state index in [-0.39, 0.29) is 5.91 Å². The van der Waals surface area contributed by atoms with Gasteiger partial charge in [0, 0.05) is 44.3 Å². The molecule has 0 fully saturated rings. The van der Waals surface area contributed by atoms with Crippen molar-refractivity contribution >= 4 is 22.5 Å². The van der Waals surface area contributed by atoms with Crippen molar-refractivity contribution in [1.82, 2.24) is 9.88 Å². The highest BCUT2D eigenvalue weighted by Gasteiger charge is 2.15. The van der Waals surface area contributed by atoms with Crippen LogP contribution in [0.4, 0.5) is 5.69 Å². The molecule has 0 atom stereocenters. The van der Waals surface area contributed by atoms with E-state index >= 15 is 0 Å². The Morgan fingerprint density at radius 3 is 2.38 bits per heavy atom. The van der Waals surface area contributed by atoms with Crippen LogP contribution in [0.25, 0.3) is 10.9 Å². The number of rotatable bonds is 4. The zero-order chi connectivity index (χ0) is 17.3. The van der Waals surface area contributed by atoms with E-state index in [2.05, 4.69) is 46.3 Å². The Morgan fingerprint density at radius 1 is 1.00 bits per heavy atom. The number of aryl methyl sites for hydroxylation is 1. The molecular formula is C20H23N3O. The van der Waals surface area contributed by atoms with Crippen LogP contribution in [0, 0.1) is 6.92 Å². The molecule has 0 radical (unpaired) electrons. The van der Waals surface area contributed by atoms with Gasteiger partial charge in [0.1, 0.15) is 5.69 Å². The third-order valence-corrected chi connectivity index (χ3v) is 4.23. The molecule has 3 rings (SSSR count). The molecule has 0 unspecified atom stereocenters. The summed E-state index contributed by atoms with van der Waals surface area (Å²) in [7, 11) is 5.86. The maximum absolute atomic E-state index is 12.7. The van der Waals surface area contributed by atoms with Gasteiger partial charge in [-0.3, -0.25) is 4.79 Å². The molecule has 0 aliphatic rings. The summed E-state index contributed by atoms with van der Waals surface area (Å²) in [4.78, 5) is 19.7. The van der Waals surface area contributed by atoms with E-state index < -0.39 is 0 Å². The zero-order valence-corrected chi connectivity index (χ0v) is 14.6. The van der Waals surface area contributed by atoms with Crippen molar-refractivity contribution in [3.05, 3.63) is 65.4 Å². The average Bonchev–Trinajstić information content (AvgIpc) is 2.97. The Labute approximate surface area is 142 Å². The van der Waals surface area contributed by atoms with Crippen LogP contribution in [0.2, 0.25) is 0 Å². The largest absolute Gasteiger partial charge is 0.378 e. The Balaban J connectivity index is 1.75. The van der Waals surface area contributed by atoms with Gasteiger partial charge in [-0.05, 0) is 42.3 Å². The third kappa shape index (κ3) is 3.27. The number of aromatic nitrogens is 1. The van der Waals surface area contributed by atoms with E-state index in [9.17, 15) is 4.79 Å². The molecule has 0 bridgehead atoms. The molecule has 4 nitrogen and oxygen atoms in total. The molecule has 2 aromatic carbocycles. The van der Waals surface area contributed by atoms with Gasteiger partial charge in [0.15, 0.2) is 0 Å². The second-order valence-corrected chi connectivity index (χ2v) is 6.50. The number of fused-ring (bicyclic) bond motifs is 1. The fraction of sp³-hybridized carbons (Fsp3) is 0.250. The number of carbonyl (C=O) groups excluding carboxylic acids is 1. The molecule has 4 heteroatoms. The van der Waals surface area contributed by atoms with Crippen LogP contribution >= 0.6 is 0 Å². The van der Waals surface area contributed by atoms with Crippen molar-refractivity contribution < 1.29 is 4.79 Å². The molecule has 0 spiro atoms. The van der Waals surface area contributed by atoms with E-state index in [0.717, 1.165) is 22.2 Å². The number of hydrogen-bond donors (Lipinski definition) is 1. The minimum Gasteiger partial charge on any atom is -0.378 e. The minimum atomic E-state index is 0.000499. The maximum Gasteiger partial charge on any atom is 0.270 e. The first-order chi connectivity index (χ1) is 11.4. The standard InChI is InChI=1S/C20H23N3O/c1-14-5-8-16-12-19(21-18(16)11-14)20(24)23(4)13-15-6-9-17(10-7-15)22(2)3/h5-12,21H,13H2,1-4H3. The first-order valence-corrected chi connectivity index (χ1v) is 8.05. The smallest absolute Gasteiger partial charge is 0.270 e. The highest BCUT2D eigenvalue weighted by atomic mass is 16.2. The van der Waals surface area contributed by atoms with Crippen LogP contribution in [0.15, 0.2) is 48.5 Å². The predicted octanol–water partition coefficient (Wildman–Crippen LogP) is 3.81. The molecule has 0 saturated carbocycles. The number of carbonyl (C=O) groups is 1. The molecule has 3 aromatic rings. The minimum absolute atomic E-state index is 0.000499. The highest BCUT2D eigenvalue weighted by Crippen LogP contribution is 2.19. The second kappa shape index (κ2) is 6.40. The number of H-pyrrole nitrogens is 1. The van der Waals surface area contributed by atoms with Gasteiger partial charge in [0.05, 0.1) is 0 Å². The Morgan fingerprint density at radius 2 is 1.71 bits per heavy atom. The van der Waals surface area contributed by atoms with E-state index in [4.69, 9.17) is 0 Å². The molecule has 0 aliphatic heterocycles. The normalized spacial score (nSPS) is 10.8. The SMILES string of the molecule is Cc1ccc2cc(C(=O)N(C)Cc3ccc(N(C)C)cc3)[nH]c2c1. The van der Waals surface area contributed by atoms with Gasteiger partial charge < -0.3 is 14.8 Å². The number of amides is 1. The number of nitrogens with zero attached hydrogens (tertiary/aromatic N) is 2. The second-order valence-electron chi connectivity index (χ2n) is 6.50. The monoisotopic (exact) mass is 321 g/mol. The fourth-order valence-corrected chi connectivity index (χ4v) is 2.81. The third-order valence-electron chi connectivity index (χ3n) is 4.23. The lowest BCUT2D eigenvalue weighted by Gasteiger charge is -2.18. The lowest BCUT2D eigenvalue weighted by molar-refractivity contribution is 0.0780. The first kappa shape index (κ1) is 16.1. The molecule has 0 saturated heterocycles. The molecule has 0 aliphatic carbocycles. The van der Waals surface area contributed by atoms with Gasteiger partial charge in [-0.15, -0.1) is 0 Å². The van der Waals surface area contributed by atoms with E-state index in [0.29, 0.717) is 12.2 Å². The van der Waals surface area contributed by atoms with Crippen LogP contribution in [0.1, 0.15) is 21.6 Å². The average molecular weight is 321 g/mol. The van der Waals surface area contributed by atoms with Crippen LogP contribution in [-0.2, 0) is 6.54 Å². The van der Waals surface area contributed by atoms with Gasteiger partial charge in [0.2, 0.25) is 0 Å². The van der Waals surface area contributed by atoms with Gasteiger partial charge in [0.25, 0.3) is 5.91 Å². The van der Waals surface area contributed by atoms with Gasteiger partial charge in [-0.1, -0.05) is 24.3 Å². The Bertz CT molecular complexity index is 862. The summed E-state index contributed by atoms with van der Waals surface area (Å²) >= 11 is 0. The van der Waals surface area contributed by atoms with Crippen molar-refractivity contribution in [2.24, 2.45) is 0 Å². The molecular weight excluding hydrogens is 298 g/mol. The molecule has 1 heterocycles. The number of nitrogens with one attached hydrogen (secondary N) is 1. The fourth-order valence-electron chi connectivity index (χ4n) is 2.81. The Hall–Kier alpha value is -2.75. The van der Waals surface area contributed by atoms with Crippen molar-refractivity contribution in [2.45, 2.75) is 13.5 Å². The lowest BCUT2D eigenvalue weighted by Crippen LogP contribution is -2.26. The molecule has 124 valence electrons. The van der Waals surface area contributed by atoms with Crippen LogP contribution in [-0.4, -0.2) is 36.9 Å². The highest BCUT2D eigenvalue weighted by molar-refractivity contribution is 5.98. The number of hydrogen-bond acceptors (Lipinski definition) is 2. The molecule has 1 aromatic heterocycles. The lowest BCUT2D eigenvalue weighted by atomic mass is 10.2. The maximum atomic E-state index is 12.7.